The van der Waals surface area contributed by atoms with Gasteiger partial charge in [0, 0.05) is 27.2 Å². The third-order valence-electron chi connectivity index (χ3n) is 7.78. The lowest BCUT2D eigenvalue weighted by Crippen LogP contribution is -2.33. The van der Waals surface area contributed by atoms with Gasteiger partial charge in [0.1, 0.15) is 0 Å². The van der Waals surface area contributed by atoms with Crippen molar-refractivity contribution in [1.29, 1.82) is 0 Å². The third-order valence-corrected chi connectivity index (χ3v) is 7.78. The van der Waals surface area contributed by atoms with Crippen LogP contribution in [0.1, 0.15) is 56.9 Å². The van der Waals surface area contributed by atoms with Gasteiger partial charge in [-0.05, 0) is 69.0 Å². The number of fused-ring (bicyclic) bond motifs is 6. The molecule has 0 fully saturated rings. The molecule has 0 spiro atoms. The third kappa shape index (κ3) is 2.72. The van der Waals surface area contributed by atoms with Crippen molar-refractivity contribution in [3.8, 4) is 11.1 Å². The molecule has 1 aliphatic carbocycles. The van der Waals surface area contributed by atoms with Gasteiger partial charge in [-0.3, -0.25) is 0 Å². The number of hydrogen-bond donors (Lipinski definition) is 1. The summed E-state index contributed by atoms with van der Waals surface area (Å²) < 4.78 is 0. The van der Waals surface area contributed by atoms with Crippen LogP contribution in [0.4, 0.5) is 0 Å². The first-order valence-electron chi connectivity index (χ1n) is 12.1. The van der Waals surface area contributed by atoms with E-state index in [0.29, 0.717) is 5.92 Å². The minimum absolute atomic E-state index is 0.123. The maximum absolute atomic E-state index is 3.65. The van der Waals surface area contributed by atoms with Crippen LogP contribution < -0.4 is 0 Å². The van der Waals surface area contributed by atoms with E-state index in [0.717, 1.165) is 0 Å². The van der Waals surface area contributed by atoms with Crippen molar-refractivity contribution < 1.29 is 0 Å². The van der Waals surface area contributed by atoms with Crippen molar-refractivity contribution in [2.75, 3.05) is 0 Å². The molecule has 1 aliphatic rings. The molecular weight excluding hydrogens is 398 g/mol. The van der Waals surface area contributed by atoms with Crippen molar-refractivity contribution in [1.82, 2.24) is 4.98 Å². The Bertz CT molecular complexity index is 1480. The first kappa shape index (κ1) is 20.3. The molecule has 0 saturated heterocycles. The first-order chi connectivity index (χ1) is 15.8. The molecule has 0 atom stereocenters. The Hall–Kier alpha value is -3.32. The second kappa shape index (κ2) is 6.84. The number of rotatable bonds is 2. The molecule has 0 bridgehead atoms. The van der Waals surface area contributed by atoms with Gasteiger partial charge in [0.2, 0.25) is 0 Å². The lowest BCUT2D eigenvalue weighted by atomic mass is 9.65. The average molecular weight is 430 g/mol. The van der Waals surface area contributed by atoms with Gasteiger partial charge in [-0.1, -0.05) is 95.3 Å². The Morgan fingerprint density at radius 3 is 1.79 bits per heavy atom. The van der Waals surface area contributed by atoms with Crippen LogP contribution in [0.25, 0.3) is 32.9 Å². The largest absolute Gasteiger partial charge is 0.355 e. The van der Waals surface area contributed by atoms with Crippen LogP contribution in [0.5, 0.6) is 0 Å². The first-order valence-corrected chi connectivity index (χ1v) is 12.1. The van der Waals surface area contributed by atoms with Gasteiger partial charge in [0.25, 0.3) is 0 Å². The fraction of sp³-hybridized carbons (Fsp3) is 0.250. The summed E-state index contributed by atoms with van der Waals surface area (Å²) in [5.74, 6) is 0.412. The minimum atomic E-state index is -0.160. The second-order valence-electron chi connectivity index (χ2n) is 10.9. The molecular formula is C32H31N. The van der Waals surface area contributed by atoms with E-state index in [4.69, 9.17) is 0 Å². The Labute approximate surface area is 196 Å². The number of H-pyrrole nitrogens is 1. The zero-order valence-corrected chi connectivity index (χ0v) is 20.2. The highest BCUT2D eigenvalue weighted by Gasteiger charge is 2.46. The molecule has 0 amide bonds. The Morgan fingerprint density at radius 1 is 0.667 bits per heavy atom. The van der Waals surface area contributed by atoms with E-state index < -0.39 is 0 Å². The minimum Gasteiger partial charge on any atom is -0.355 e. The zero-order valence-electron chi connectivity index (χ0n) is 20.2. The molecule has 1 heterocycles. The summed E-state index contributed by atoms with van der Waals surface area (Å²) in [4.78, 5) is 3.65. The Balaban J connectivity index is 1.69. The van der Waals surface area contributed by atoms with Gasteiger partial charge >= 0.3 is 0 Å². The van der Waals surface area contributed by atoms with Gasteiger partial charge in [0.15, 0.2) is 0 Å². The molecule has 1 heteroatoms. The average Bonchev–Trinajstić information content (AvgIpc) is 3.31. The lowest BCUT2D eigenvalue weighted by molar-refractivity contribution is 0.447. The summed E-state index contributed by atoms with van der Waals surface area (Å²) in [6.07, 6.45) is 0. The number of aromatic nitrogens is 1. The van der Waals surface area contributed by atoms with Crippen LogP contribution in [-0.4, -0.2) is 4.98 Å². The summed E-state index contributed by atoms with van der Waals surface area (Å²) in [7, 11) is 0. The van der Waals surface area contributed by atoms with Crippen LogP contribution in [0.2, 0.25) is 0 Å². The van der Waals surface area contributed by atoms with Crippen molar-refractivity contribution >= 4 is 21.8 Å². The van der Waals surface area contributed by atoms with Crippen LogP contribution in [0.15, 0.2) is 84.9 Å². The number of aromatic amines is 1. The zero-order chi connectivity index (χ0) is 23.0. The van der Waals surface area contributed by atoms with Gasteiger partial charge in [-0.25, -0.2) is 0 Å². The second-order valence-corrected chi connectivity index (χ2v) is 10.9. The van der Waals surface area contributed by atoms with E-state index in [2.05, 4.69) is 125 Å². The van der Waals surface area contributed by atoms with E-state index in [1.165, 1.54) is 55.2 Å². The Morgan fingerprint density at radius 2 is 1.21 bits per heavy atom. The van der Waals surface area contributed by atoms with Crippen molar-refractivity contribution in [2.24, 2.45) is 5.92 Å². The highest BCUT2D eigenvalue weighted by Crippen LogP contribution is 2.56. The molecule has 1 nitrogen and oxygen atoms in total. The predicted molar refractivity (Wildman–Crippen MR) is 141 cm³/mol. The van der Waals surface area contributed by atoms with Gasteiger partial charge in [-0.2, -0.15) is 0 Å². The summed E-state index contributed by atoms with van der Waals surface area (Å²) >= 11 is 0. The van der Waals surface area contributed by atoms with Crippen LogP contribution >= 0.6 is 0 Å². The molecule has 0 saturated carbocycles. The standard InChI is InChI=1S/C32H31N/c1-20(2)32(27-12-8-6-10-23(27)24-11-7-9-13-28(24)32)22-15-17-30-26(19-22)25-18-21(31(3,4)5)14-16-29(25)33-30/h6-20,33H,1-5H3. The molecule has 1 N–H and O–H groups in total. The van der Waals surface area contributed by atoms with E-state index in [9.17, 15) is 0 Å². The number of nitrogens with one attached hydrogen (secondary N) is 1. The topological polar surface area (TPSA) is 15.8 Å². The highest BCUT2D eigenvalue weighted by molar-refractivity contribution is 6.08. The molecule has 4 aromatic carbocycles. The molecule has 6 rings (SSSR count). The number of hydrogen-bond acceptors (Lipinski definition) is 0. The summed E-state index contributed by atoms with van der Waals surface area (Å²) in [6, 6.07) is 32.0. The summed E-state index contributed by atoms with van der Waals surface area (Å²) in [5.41, 5.74) is 10.7. The summed E-state index contributed by atoms with van der Waals surface area (Å²) in [6.45, 7) is 11.6. The van der Waals surface area contributed by atoms with Crippen LogP contribution in [-0.2, 0) is 10.8 Å². The molecule has 0 radical (unpaired) electrons. The SMILES string of the molecule is CC(C)C1(c2ccc3[nH]c4ccc(C(C)(C)C)cc4c3c2)c2ccccc2-c2ccccc21. The smallest absolute Gasteiger partial charge is 0.0486 e. The van der Waals surface area contributed by atoms with Gasteiger partial charge in [-0.15, -0.1) is 0 Å². The molecule has 33 heavy (non-hydrogen) atoms. The molecule has 5 aromatic rings. The Kier molecular flexibility index (Phi) is 4.21. The maximum atomic E-state index is 3.65. The fourth-order valence-corrected chi connectivity index (χ4v) is 6.14. The van der Waals surface area contributed by atoms with E-state index in [1.54, 1.807) is 0 Å². The molecule has 164 valence electrons. The maximum Gasteiger partial charge on any atom is 0.0486 e. The predicted octanol–water partition coefficient (Wildman–Crippen LogP) is 8.59. The van der Waals surface area contributed by atoms with Gasteiger partial charge in [0.05, 0.1) is 0 Å². The van der Waals surface area contributed by atoms with E-state index in [-0.39, 0.29) is 10.8 Å². The van der Waals surface area contributed by atoms with Crippen LogP contribution in [0.3, 0.4) is 0 Å². The molecule has 0 aliphatic heterocycles. The van der Waals surface area contributed by atoms with Crippen molar-refractivity contribution in [3.05, 3.63) is 107 Å². The molecule has 0 unspecified atom stereocenters. The monoisotopic (exact) mass is 429 g/mol. The van der Waals surface area contributed by atoms with Crippen LogP contribution in [0, 0.1) is 5.92 Å². The van der Waals surface area contributed by atoms with Crippen molar-refractivity contribution in [2.45, 2.75) is 45.4 Å². The highest BCUT2D eigenvalue weighted by atomic mass is 14.7. The van der Waals surface area contributed by atoms with Gasteiger partial charge < -0.3 is 4.98 Å². The van der Waals surface area contributed by atoms with E-state index >= 15 is 0 Å². The summed E-state index contributed by atoms with van der Waals surface area (Å²) in [5, 5.41) is 2.63. The fourth-order valence-electron chi connectivity index (χ4n) is 6.14. The van der Waals surface area contributed by atoms with E-state index in [1.807, 2.05) is 0 Å². The lowest BCUT2D eigenvalue weighted by Gasteiger charge is -2.37. The molecule has 1 aromatic heterocycles. The quantitative estimate of drug-likeness (QED) is 0.289. The van der Waals surface area contributed by atoms with Crippen molar-refractivity contribution in [3.63, 3.8) is 0 Å². The normalized spacial score (nSPS) is 14.7. The number of benzene rings is 4.